The zero-order valence-electron chi connectivity index (χ0n) is 13.8. The number of ether oxygens (including phenoxy) is 2. The summed E-state index contributed by atoms with van der Waals surface area (Å²) in [7, 11) is -0.415. The first-order valence-corrected chi connectivity index (χ1v) is 7.43. The molecule has 120 valence electrons. The fraction of sp³-hybridized carbons (Fsp3) is 0.562. The molecule has 0 atom stereocenters. The van der Waals surface area contributed by atoms with Crippen LogP contribution in [0.15, 0.2) is 24.3 Å². The van der Waals surface area contributed by atoms with Crippen LogP contribution in [-0.2, 0) is 18.8 Å². The third kappa shape index (κ3) is 3.81. The van der Waals surface area contributed by atoms with Gasteiger partial charge in [-0.15, -0.1) is 0 Å². The lowest BCUT2D eigenvalue weighted by Gasteiger charge is -2.32. The minimum absolute atomic E-state index is 0.232. The molecule has 6 heteroatoms. The van der Waals surface area contributed by atoms with Crippen LogP contribution in [-0.4, -0.2) is 37.5 Å². The first kappa shape index (κ1) is 16.8. The van der Waals surface area contributed by atoms with Crippen molar-refractivity contribution in [1.82, 2.24) is 0 Å². The van der Waals surface area contributed by atoms with Crippen LogP contribution in [0.3, 0.4) is 0 Å². The topological polar surface area (TPSA) is 54.0 Å². The van der Waals surface area contributed by atoms with E-state index in [0.29, 0.717) is 12.4 Å². The predicted octanol–water partition coefficient (Wildman–Crippen LogP) is 1.93. The number of esters is 1. The van der Waals surface area contributed by atoms with Crippen LogP contribution in [0.4, 0.5) is 0 Å². The molecule has 1 aliphatic rings. The third-order valence-electron chi connectivity index (χ3n) is 4.04. The van der Waals surface area contributed by atoms with Crippen LogP contribution in [0.5, 0.6) is 5.75 Å². The summed E-state index contributed by atoms with van der Waals surface area (Å²) in [6.07, 6.45) is 0. The van der Waals surface area contributed by atoms with E-state index in [1.807, 2.05) is 52.0 Å². The zero-order chi connectivity index (χ0) is 16.4. The lowest BCUT2D eigenvalue weighted by Crippen LogP contribution is -2.41. The molecule has 2 rings (SSSR count). The molecule has 0 spiro atoms. The molecule has 22 heavy (non-hydrogen) atoms. The molecule has 0 aliphatic carbocycles. The molecule has 0 bridgehead atoms. The van der Waals surface area contributed by atoms with Gasteiger partial charge in [-0.25, -0.2) is 0 Å². The third-order valence-corrected chi connectivity index (χ3v) is 4.04. The van der Waals surface area contributed by atoms with Gasteiger partial charge in [0.15, 0.2) is 0 Å². The fourth-order valence-electron chi connectivity index (χ4n) is 2.07. The average Bonchev–Trinajstić information content (AvgIpc) is 2.64. The summed E-state index contributed by atoms with van der Waals surface area (Å²) in [5, 5.41) is 0. The molecule has 0 aromatic heterocycles. The Morgan fingerprint density at radius 3 is 2.36 bits per heavy atom. The van der Waals surface area contributed by atoms with E-state index in [1.54, 1.807) is 0 Å². The van der Waals surface area contributed by atoms with Crippen LogP contribution in [0.2, 0.25) is 0 Å². The number of carbonyl (C=O) groups excluding carboxylic acids is 1. The van der Waals surface area contributed by atoms with Gasteiger partial charge in [-0.2, -0.15) is 0 Å². The van der Waals surface area contributed by atoms with E-state index in [0.717, 1.165) is 5.46 Å². The Kier molecular flexibility index (Phi) is 4.82. The Morgan fingerprint density at radius 1 is 1.14 bits per heavy atom. The Bertz CT molecular complexity index is 525. The SMILES string of the molecule is CC(=O)OCCOc1cccc(B2OC(C)(C)C(C)(C)O2)c1. The first-order valence-electron chi connectivity index (χ1n) is 7.43. The summed E-state index contributed by atoms with van der Waals surface area (Å²) >= 11 is 0. The largest absolute Gasteiger partial charge is 0.494 e. The van der Waals surface area contributed by atoms with Crippen LogP contribution in [0, 0.1) is 0 Å². The first-order chi connectivity index (χ1) is 10.2. The molecule has 0 amide bonds. The fourth-order valence-corrected chi connectivity index (χ4v) is 2.07. The highest BCUT2D eigenvalue weighted by molar-refractivity contribution is 6.62. The summed E-state index contributed by atoms with van der Waals surface area (Å²) in [6, 6.07) is 7.57. The lowest BCUT2D eigenvalue weighted by atomic mass is 9.79. The minimum Gasteiger partial charge on any atom is -0.490 e. The molecular weight excluding hydrogens is 283 g/mol. The van der Waals surface area contributed by atoms with E-state index in [2.05, 4.69) is 0 Å². The Labute approximate surface area is 132 Å². The number of hydrogen-bond donors (Lipinski definition) is 0. The van der Waals surface area contributed by atoms with Crippen molar-refractivity contribution < 1.29 is 23.6 Å². The van der Waals surface area contributed by atoms with Gasteiger partial charge in [-0.1, -0.05) is 12.1 Å². The van der Waals surface area contributed by atoms with Gasteiger partial charge in [-0.3, -0.25) is 4.79 Å². The highest BCUT2D eigenvalue weighted by atomic mass is 16.7. The summed E-state index contributed by atoms with van der Waals surface area (Å²) in [5.41, 5.74) is 0.164. The zero-order valence-corrected chi connectivity index (χ0v) is 13.8. The molecular formula is C16H23BO5. The minimum atomic E-state index is -0.415. The molecule has 1 fully saturated rings. The number of hydrogen-bond acceptors (Lipinski definition) is 5. The number of benzene rings is 1. The van der Waals surface area contributed by atoms with Crippen LogP contribution < -0.4 is 10.2 Å². The lowest BCUT2D eigenvalue weighted by molar-refractivity contribution is -0.141. The van der Waals surface area contributed by atoms with Crippen molar-refractivity contribution in [2.75, 3.05) is 13.2 Å². The molecule has 5 nitrogen and oxygen atoms in total. The predicted molar refractivity (Wildman–Crippen MR) is 84.3 cm³/mol. The van der Waals surface area contributed by atoms with Crippen LogP contribution in [0.1, 0.15) is 34.6 Å². The Morgan fingerprint density at radius 2 is 1.77 bits per heavy atom. The van der Waals surface area contributed by atoms with Gasteiger partial charge in [-0.05, 0) is 45.3 Å². The van der Waals surface area contributed by atoms with Crippen molar-refractivity contribution in [1.29, 1.82) is 0 Å². The standard InChI is InChI=1S/C16H23BO5/c1-12(18)19-9-10-20-14-8-6-7-13(11-14)17-21-15(2,3)16(4,5)22-17/h6-8,11H,9-10H2,1-5H3. The van der Waals surface area contributed by atoms with Gasteiger partial charge in [0.2, 0.25) is 0 Å². The second kappa shape index (κ2) is 6.30. The second-order valence-electron chi connectivity index (χ2n) is 6.35. The number of rotatable bonds is 5. The van der Waals surface area contributed by atoms with E-state index in [9.17, 15) is 4.79 Å². The summed E-state index contributed by atoms with van der Waals surface area (Å²) in [6.45, 7) is 10.00. The van der Waals surface area contributed by atoms with Crippen molar-refractivity contribution in [3.63, 3.8) is 0 Å². The molecule has 0 N–H and O–H groups in total. The van der Waals surface area contributed by atoms with Crippen molar-refractivity contribution in [3.8, 4) is 5.75 Å². The monoisotopic (exact) mass is 306 g/mol. The molecule has 0 radical (unpaired) electrons. The summed E-state index contributed by atoms with van der Waals surface area (Å²) in [5.74, 6) is 0.383. The Balaban J connectivity index is 1.99. The molecule has 0 unspecified atom stereocenters. The highest BCUT2D eigenvalue weighted by Crippen LogP contribution is 2.36. The quantitative estimate of drug-likeness (QED) is 0.473. The average molecular weight is 306 g/mol. The van der Waals surface area contributed by atoms with Crippen molar-refractivity contribution in [3.05, 3.63) is 24.3 Å². The van der Waals surface area contributed by atoms with Crippen molar-refractivity contribution in [2.45, 2.75) is 45.8 Å². The highest BCUT2D eigenvalue weighted by Gasteiger charge is 2.51. The van der Waals surface area contributed by atoms with Gasteiger partial charge in [0, 0.05) is 6.92 Å². The van der Waals surface area contributed by atoms with Gasteiger partial charge >= 0.3 is 13.1 Å². The summed E-state index contributed by atoms with van der Waals surface area (Å²) < 4.78 is 22.4. The van der Waals surface area contributed by atoms with Crippen LogP contribution in [0.25, 0.3) is 0 Å². The smallest absolute Gasteiger partial charge is 0.490 e. The second-order valence-corrected chi connectivity index (χ2v) is 6.35. The molecule has 1 aromatic carbocycles. The molecule has 1 saturated heterocycles. The van der Waals surface area contributed by atoms with E-state index in [4.69, 9.17) is 18.8 Å². The van der Waals surface area contributed by atoms with Gasteiger partial charge in [0.25, 0.3) is 0 Å². The number of carbonyl (C=O) groups is 1. The summed E-state index contributed by atoms with van der Waals surface area (Å²) in [4.78, 5) is 10.7. The Hall–Kier alpha value is -1.53. The van der Waals surface area contributed by atoms with Gasteiger partial charge < -0.3 is 18.8 Å². The maximum Gasteiger partial charge on any atom is 0.494 e. The van der Waals surface area contributed by atoms with Crippen molar-refractivity contribution >= 4 is 18.6 Å². The van der Waals surface area contributed by atoms with Gasteiger partial charge in [0.1, 0.15) is 19.0 Å². The van der Waals surface area contributed by atoms with E-state index < -0.39 is 7.12 Å². The van der Waals surface area contributed by atoms with Crippen molar-refractivity contribution in [2.24, 2.45) is 0 Å². The van der Waals surface area contributed by atoms with E-state index >= 15 is 0 Å². The van der Waals surface area contributed by atoms with E-state index in [-0.39, 0.29) is 23.8 Å². The molecule has 1 aromatic rings. The van der Waals surface area contributed by atoms with E-state index in [1.165, 1.54) is 6.92 Å². The van der Waals surface area contributed by atoms with Gasteiger partial charge in [0.05, 0.1) is 11.2 Å². The molecule has 1 heterocycles. The maximum absolute atomic E-state index is 10.7. The molecule has 0 saturated carbocycles. The normalized spacial score (nSPS) is 19.0. The maximum atomic E-state index is 10.7. The van der Waals surface area contributed by atoms with Crippen LogP contribution >= 0.6 is 0 Å². The molecule has 1 aliphatic heterocycles.